The quantitative estimate of drug-likeness (QED) is 0.820. The Kier molecular flexibility index (Phi) is 5.65. The fourth-order valence-electron chi connectivity index (χ4n) is 1.18. The van der Waals surface area contributed by atoms with Gasteiger partial charge in [0.05, 0.1) is 0 Å². The summed E-state index contributed by atoms with van der Waals surface area (Å²) in [5.74, 6) is 0.322. The van der Waals surface area contributed by atoms with Gasteiger partial charge in [-0.2, -0.15) is 0 Å². The number of aromatic hydroxyl groups is 1. The zero-order valence-corrected chi connectivity index (χ0v) is 10.8. The average Bonchev–Trinajstić information content (AvgIpc) is 2.31. The SMILES string of the molecule is CCc1cccc(Br)c1.Oc1ccccc1. The molecule has 0 unspecified atom stereocenters. The van der Waals surface area contributed by atoms with Crippen molar-refractivity contribution in [2.24, 2.45) is 0 Å². The summed E-state index contributed by atoms with van der Waals surface area (Å²) in [6, 6.07) is 17.1. The van der Waals surface area contributed by atoms with E-state index in [1.54, 1.807) is 24.3 Å². The summed E-state index contributed by atoms with van der Waals surface area (Å²) in [5, 5.41) is 8.63. The van der Waals surface area contributed by atoms with E-state index in [1.165, 1.54) is 10.0 Å². The molecular formula is C14H15BrO. The van der Waals surface area contributed by atoms with Gasteiger partial charge in [-0.05, 0) is 36.2 Å². The van der Waals surface area contributed by atoms with Gasteiger partial charge in [0.2, 0.25) is 0 Å². The lowest BCUT2D eigenvalue weighted by atomic mass is 10.2. The van der Waals surface area contributed by atoms with Gasteiger partial charge in [0.1, 0.15) is 5.75 Å². The van der Waals surface area contributed by atoms with Crippen LogP contribution in [-0.4, -0.2) is 5.11 Å². The summed E-state index contributed by atoms with van der Waals surface area (Å²) in [5.41, 5.74) is 1.38. The lowest BCUT2D eigenvalue weighted by Gasteiger charge is -1.94. The average molecular weight is 279 g/mol. The third-order valence-corrected chi connectivity index (χ3v) is 2.55. The van der Waals surface area contributed by atoms with Gasteiger partial charge in [0, 0.05) is 4.47 Å². The van der Waals surface area contributed by atoms with Gasteiger partial charge in [-0.25, -0.2) is 0 Å². The Bertz CT molecular complexity index is 412. The third kappa shape index (κ3) is 4.99. The Morgan fingerprint density at radius 2 is 1.69 bits per heavy atom. The van der Waals surface area contributed by atoms with Gasteiger partial charge in [0.15, 0.2) is 0 Å². The van der Waals surface area contributed by atoms with E-state index in [0.29, 0.717) is 5.75 Å². The van der Waals surface area contributed by atoms with Crippen molar-refractivity contribution in [1.82, 2.24) is 0 Å². The van der Waals surface area contributed by atoms with Crippen molar-refractivity contribution in [3.63, 3.8) is 0 Å². The fourth-order valence-corrected chi connectivity index (χ4v) is 1.63. The van der Waals surface area contributed by atoms with Crippen LogP contribution in [0.15, 0.2) is 59.1 Å². The Morgan fingerprint density at radius 3 is 2.06 bits per heavy atom. The highest BCUT2D eigenvalue weighted by atomic mass is 79.9. The molecule has 1 nitrogen and oxygen atoms in total. The minimum atomic E-state index is 0.322. The van der Waals surface area contributed by atoms with Crippen LogP contribution in [0.1, 0.15) is 12.5 Å². The molecule has 0 aliphatic rings. The standard InChI is InChI=1S/C8H9Br.C6H6O/c1-2-7-4-3-5-8(9)6-7;7-6-4-2-1-3-5-6/h3-6H,2H2,1H3;1-5,7H. The predicted molar refractivity (Wildman–Crippen MR) is 71.6 cm³/mol. The highest BCUT2D eigenvalue weighted by Gasteiger charge is 1.87. The summed E-state index contributed by atoms with van der Waals surface area (Å²) in [6.07, 6.45) is 1.11. The van der Waals surface area contributed by atoms with Crippen LogP contribution in [0.2, 0.25) is 0 Å². The second kappa shape index (κ2) is 7.07. The summed E-state index contributed by atoms with van der Waals surface area (Å²) < 4.78 is 1.17. The minimum absolute atomic E-state index is 0.322. The zero-order chi connectivity index (χ0) is 11.8. The molecule has 2 rings (SSSR count). The van der Waals surface area contributed by atoms with Crippen LogP contribution in [-0.2, 0) is 6.42 Å². The smallest absolute Gasteiger partial charge is 0.115 e. The van der Waals surface area contributed by atoms with Crippen LogP contribution >= 0.6 is 15.9 Å². The number of hydrogen-bond acceptors (Lipinski definition) is 1. The number of para-hydroxylation sites is 1. The van der Waals surface area contributed by atoms with Crippen molar-refractivity contribution in [2.75, 3.05) is 0 Å². The molecule has 84 valence electrons. The molecule has 16 heavy (non-hydrogen) atoms. The Morgan fingerprint density at radius 1 is 1.00 bits per heavy atom. The van der Waals surface area contributed by atoms with Crippen LogP contribution in [0.4, 0.5) is 0 Å². The van der Waals surface area contributed by atoms with Crippen LogP contribution < -0.4 is 0 Å². The van der Waals surface area contributed by atoms with Gasteiger partial charge >= 0.3 is 0 Å². The number of rotatable bonds is 1. The molecule has 0 aliphatic heterocycles. The molecule has 0 atom stereocenters. The Hall–Kier alpha value is -1.28. The molecule has 0 spiro atoms. The van der Waals surface area contributed by atoms with Crippen molar-refractivity contribution in [1.29, 1.82) is 0 Å². The molecule has 0 radical (unpaired) electrons. The first-order valence-electron chi connectivity index (χ1n) is 5.21. The number of phenolic OH excluding ortho intramolecular Hbond substituents is 1. The van der Waals surface area contributed by atoms with Crippen molar-refractivity contribution in [2.45, 2.75) is 13.3 Å². The summed E-state index contributed by atoms with van der Waals surface area (Å²) in [7, 11) is 0. The molecule has 0 amide bonds. The first-order valence-corrected chi connectivity index (χ1v) is 6.00. The number of aryl methyl sites for hydroxylation is 1. The van der Waals surface area contributed by atoms with E-state index in [1.807, 2.05) is 12.1 Å². The van der Waals surface area contributed by atoms with Gasteiger partial charge in [-0.15, -0.1) is 0 Å². The second-order valence-electron chi connectivity index (χ2n) is 3.32. The van der Waals surface area contributed by atoms with E-state index >= 15 is 0 Å². The van der Waals surface area contributed by atoms with Crippen molar-refractivity contribution < 1.29 is 5.11 Å². The molecular weight excluding hydrogens is 264 g/mol. The molecule has 0 aromatic heterocycles. The molecule has 2 heteroatoms. The summed E-state index contributed by atoms with van der Waals surface area (Å²) in [4.78, 5) is 0. The van der Waals surface area contributed by atoms with Crippen LogP contribution in [0.5, 0.6) is 5.75 Å². The molecule has 0 saturated heterocycles. The van der Waals surface area contributed by atoms with Gasteiger partial charge in [-0.1, -0.05) is 53.2 Å². The molecule has 1 N–H and O–H groups in total. The van der Waals surface area contributed by atoms with Crippen molar-refractivity contribution >= 4 is 15.9 Å². The van der Waals surface area contributed by atoms with Crippen LogP contribution in [0.25, 0.3) is 0 Å². The number of hydrogen-bond donors (Lipinski definition) is 1. The summed E-state index contributed by atoms with van der Waals surface area (Å²) >= 11 is 3.40. The molecule has 0 heterocycles. The lowest BCUT2D eigenvalue weighted by molar-refractivity contribution is 0.475. The lowest BCUT2D eigenvalue weighted by Crippen LogP contribution is -1.76. The molecule has 0 saturated carbocycles. The van der Waals surface area contributed by atoms with E-state index in [9.17, 15) is 0 Å². The molecule has 0 aliphatic carbocycles. The maximum atomic E-state index is 8.63. The second-order valence-corrected chi connectivity index (χ2v) is 4.23. The Balaban J connectivity index is 0.000000165. The molecule has 0 bridgehead atoms. The number of phenols is 1. The number of benzene rings is 2. The monoisotopic (exact) mass is 278 g/mol. The minimum Gasteiger partial charge on any atom is -0.508 e. The molecule has 2 aromatic rings. The molecule has 2 aromatic carbocycles. The first kappa shape index (κ1) is 12.8. The highest BCUT2D eigenvalue weighted by Crippen LogP contribution is 2.11. The normalized spacial score (nSPS) is 9.12. The predicted octanol–water partition coefficient (Wildman–Crippen LogP) is 4.40. The van der Waals surface area contributed by atoms with Crippen molar-refractivity contribution in [3.05, 3.63) is 64.6 Å². The largest absolute Gasteiger partial charge is 0.508 e. The maximum absolute atomic E-state index is 8.63. The Labute approximate surface area is 105 Å². The highest BCUT2D eigenvalue weighted by molar-refractivity contribution is 9.10. The molecule has 0 fully saturated rings. The maximum Gasteiger partial charge on any atom is 0.115 e. The topological polar surface area (TPSA) is 20.2 Å². The van der Waals surface area contributed by atoms with E-state index < -0.39 is 0 Å². The summed E-state index contributed by atoms with van der Waals surface area (Å²) in [6.45, 7) is 2.15. The first-order chi connectivity index (χ1) is 7.72. The van der Waals surface area contributed by atoms with E-state index in [-0.39, 0.29) is 0 Å². The van der Waals surface area contributed by atoms with E-state index in [2.05, 4.69) is 41.1 Å². The van der Waals surface area contributed by atoms with Crippen molar-refractivity contribution in [3.8, 4) is 5.75 Å². The van der Waals surface area contributed by atoms with Gasteiger partial charge in [-0.3, -0.25) is 0 Å². The van der Waals surface area contributed by atoms with Crippen LogP contribution in [0, 0.1) is 0 Å². The zero-order valence-electron chi connectivity index (χ0n) is 9.23. The number of halogens is 1. The fraction of sp³-hybridized carbons (Fsp3) is 0.143. The van der Waals surface area contributed by atoms with Gasteiger partial charge < -0.3 is 5.11 Å². The van der Waals surface area contributed by atoms with Crippen LogP contribution in [0.3, 0.4) is 0 Å². The van der Waals surface area contributed by atoms with Gasteiger partial charge in [0.25, 0.3) is 0 Å². The van der Waals surface area contributed by atoms with E-state index in [4.69, 9.17) is 5.11 Å². The third-order valence-electron chi connectivity index (χ3n) is 2.05. The van der Waals surface area contributed by atoms with E-state index in [0.717, 1.165) is 6.42 Å².